The largest absolute Gasteiger partial charge is 0.508 e. The van der Waals surface area contributed by atoms with Gasteiger partial charge in [0.05, 0.1) is 6.54 Å². The van der Waals surface area contributed by atoms with Crippen LogP contribution in [0.1, 0.15) is 37.6 Å². The molecule has 3 amide bonds. The molecule has 0 aliphatic carbocycles. The molecule has 1 aliphatic rings. The highest BCUT2D eigenvalue weighted by Gasteiger charge is 2.55. The zero-order chi connectivity index (χ0) is 17.4. The highest BCUT2D eigenvalue weighted by atomic mass is 16.3. The van der Waals surface area contributed by atoms with Gasteiger partial charge in [-0.3, -0.25) is 14.5 Å². The van der Waals surface area contributed by atoms with Gasteiger partial charge in [0.2, 0.25) is 0 Å². The van der Waals surface area contributed by atoms with E-state index < -0.39 is 11.6 Å². The number of nitrogens with zero attached hydrogens (tertiary/aromatic N) is 2. The van der Waals surface area contributed by atoms with Gasteiger partial charge in [0, 0.05) is 12.6 Å². The number of carbonyl (C=O) groups excluding carboxylic acids is 3. The van der Waals surface area contributed by atoms with Crippen molar-refractivity contribution < 1.29 is 19.5 Å². The Balaban J connectivity index is 2.25. The van der Waals surface area contributed by atoms with Crippen molar-refractivity contribution in [3.63, 3.8) is 0 Å². The van der Waals surface area contributed by atoms with E-state index in [0.717, 1.165) is 11.3 Å². The fraction of sp³-hybridized carbons (Fsp3) is 0.471. The van der Waals surface area contributed by atoms with E-state index in [2.05, 4.69) is 0 Å². The average Bonchev–Trinajstić information content (AvgIpc) is 2.70. The maximum atomic E-state index is 12.7. The SMILES string of the molecule is CC[C@@H](C)[C@]1(C)C(=O)N(CC(=O)c2cccc(O)c2)C(=O)N1C. The summed E-state index contributed by atoms with van der Waals surface area (Å²) in [6.07, 6.45) is 0.744. The predicted octanol–water partition coefficient (Wildman–Crippen LogP) is 2.27. The van der Waals surface area contributed by atoms with Crippen molar-refractivity contribution in [2.45, 2.75) is 32.7 Å². The van der Waals surface area contributed by atoms with Gasteiger partial charge in [0.1, 0.15) is 11.3 Å². The monoisotopic (exact) mass is 318 g/mol. The van der Waals surface area contributed by atoms with Crippen LogP contribution in [0.4, 0.5) is 4.79 Å². The molecule has 0 radical (unpaired) electrons. The van der Waals surface area contributed by atoms with Crippen molar-refractivity contribution in [3.8, 4) is 5.75 Å². The molecule has 1 heterocycles. The highest BCUT2D eigenvalue weighted by Crippen LogP contribution is 2.34. The molecule has 2 atom stereocenters. The van der Waals surface area contributed by atoms with Gasteiger partial charge in [-0.2, -0.15) is 0 Å². The molecule has 1 aliphatic heterocycles. The van der Waals surface area contributed by atoms with Gasteiger partial charge in [-0.1, -0.05) is 32.4 Å². The number of likely N-dealkylation sites (N-methyl/N-ethyl adjacent to an activating group) is 1. The molecule has 0 aromatic heterocycles. The lowest BCUT2D eigenvalue weighted by Crippen LogP contribution is -2.50. The van der Waals surface area contributed by atoms with Crippen molar-refractivity contribution in [1.29, 1.82) is 0 Å². The second-order valence-electron chi connectivity index (χ2n) is 6.16. The first-order chi connectivity index (χ1) is 10.7. The van der Waals surface area contributed by atoms with Gasteiger partial charge < -0.3 is 10.0 Å². The van der Waals surface area contributed by atoms with Crippen molar-refractivity contribution in [2.24, 2.45) is 5.92 Å². The van der Waals surface area contributed by atoms with Crippen molar-refractivity contribution in [1.82, 2.24) is 9.80 Å². The number of hydrogen-bond acceptors (Lipinski definition) is 4. The number of hydrogen-bond donors (Lipinski definition) is 1. The minimum Gasteiger partial charge on any atom is -0.508 e. The standard InChI is InChI=1S/C17H22N2O4/c1-5-11(2)17(3)15(22)19(16(23)18(17)4)10-14(21)12-7-6-8-13(20)9-12/h6-9,11,20H,5,10H2,1-4H3/t11-,17-/m1/s1. The molecule has 6 nitrogen and oxygen atoms in total. The second kappa shape index (κ2) is 6.02. The molecule has 0 unspecified atom stereocenters. The van der Waals surface area contributed by atoms with Crippen LogP contribution in [0.15, 0.2) is 24.3 Å². The number of carbonyl (C=O) groups is 3. The molecule has 1 fully saturated rings. The Morgan fingerprint density at radius 2 is 2.00 bits per heavy atom. The molecule has 124 valence electrons. The third-order valence-corrected chi connectivity index (χ3v) is 4.93. The van der Waals surface area contributed by atoms with Gasteiger partial charge in [-0.25, -0.2) is 4.79 Å². The Hall–Kier alpha value is -2.37. The van der Waals surface area contributed by atoms with Crippen LogP contribution >= 0.6 is 0 Å². The smallest absolute Gasteiger partial charge is 0.327 e. The Labute approximate surface area is 135 Å². The topological polar surface area (TPSA) is 77.9 Å². The van der Waals surface area contributed by atoms with Crippen molar-refractivity contribution in [2.75, 3.05) is 13.6 Å². The Morgan fingerprint density at radius 1 is 1.35 bits per heavy atom. The predicted molar refractivity (Wildman–Crippen MR) is 85.2 cm³/mol. The molecule has 0 saturated carbocycles. The number of ketones is 1. The van der Waals surface area contributed by atoms with E-state index in [-0.39, 0.29) is 35.5 Å². The molecule has 1 N–H and O–H groups in total. The summed E-state index contributed by atoms with van der Waals surface area (Å²) >= 11 is 0. The maximum absolute atomic E-state index is 12.7. The zero-order valence-corrected chi connectivity index (χ0v) is 13.9. The Morgan fingerprint density at radius 3 is 2.57 bits per heavy atom. The lowest BCUT2D eigenvalue weighted by Gasteiger charge is -2.33. The summed E-state index contributed by atoms with van der Waals surface area (Å²) in [4.78, 5) is 39.9. The first-order valence-electron chi connectivity index (χ1n) is 7.65. The molecule has 6 heteroatoms. The van der Waals surface area contributed by atoms with Crippen LogP contribution in [0, 0.1) is 5.92 Å². The van der Waals surface area contributed by atoms with E-state index in [1.807, 2.05) is 13.8 Å². The summed E-state index contributed by atoms with van der Waals surface area (Å²) < 4.78 is 0. The van der Waals surface area contributed by atoms with E-state index in [4.69, 9.17) is 0 Å². The number of Topliss-reactive ketones (excluding diaryl/α,β-unsaturated/α-hetero) is 1. The van der Waals surface area contributed by atoms with Crippen LogP contribution in [0.2, 0.25) is 0 Å². The normalized spacial score (nSPS) is 22.6. The van der Waals surface area contributed by atoms with E-state index in [1.165, 1.54) is 17.0 Å². The van der Waals surface area contributed by atoms with E-state index in [9.17, 15) is 19.5 Å². The summed E-state index contributed by atoms with van der Waals surface area (Å²) in [5.74, 6) is -0.793. The van der Waals surface area contributed by atoms with Gasteiger partial charge >= 0.3 is 6.03 Å². The van der Waals surface area contributed by atoms with Crippen LogP contribution in [-0.2, 0) is 4.79 Å². The number of benzene rings is 1. The van der Waals surface area contributed by atoms with E-state index >= 15 is 0 Å². The van der Waals surface area contributed by atoms with Crippen molar-refractivity contribution in [3.05, 3.63) is 29.8 Å². The summed E-state index contributed by atoms with van der Waals surface area (Å²) in [6.45, 7) is 5.29. The zero-order valence-electron chi connectivity index (χ0n) is 13.9. The molecule has 0 spiro atoms. The number of rotatable bonds is 5. The number of imide groups is 1. The number of urea groups is 1. The molecule has 23 heavy (non-hydrogen) atoms. The summed E-state index contributed by atoms with van der Waals surface area (Å²) in [7, 11) is 1.59. The maximum Gasteiger partial charge on any atom is 0.327 e. The van der Waals surface area contributed by atoms with Crippen molar-refractivity contribution >= 4 is 17.7 Å². The third-order valence-electron chi connectivity index (χ3n) is 4.93. The molecular formula is C17H22N2O4. The fourth-order valence-corrected chi connectivity index (χ4v) is 2.88. The highest BCUT2D eigenvalue weighted by molar-refractivity contribution is 6.11. The Bertz CT molecular complexity index is 658. The van der Waals surface area contributed by atoms with Crippen LogP contribution < -0.4 is 0 Å². The molecule has 0 bridgehead atoms. The van der Waals surface area contributed by atoms with Gasteiger partial charge in [0.15, 0.2) is 5.78 Å². The summed E-state index contributed by atoms with van der Waals surface area (Å²) in [5.41, 5.74) is -0.671. The first kappa shape index (κ1) is 17.0. The summed E-state index contributed by atoms with van der Waals surface area (Å²) in [6, 6.07) is 5.41. The molecule has 2 rings (SSSR count). The van der Waals surface area contributed by atoms with Crippen LogP contribution in [0.25, 0.3) is 0 Å². The third kappa shape index (κ3) is 2.69. The minimum absolute atomic E-state index is 0.0233. The van der Waals surface area contributed by atoms with E-state index in [1.54, 1.807) is 26.1 Å². The number of aromatic hydroxyl groups is 1. The second-order valence-corrected chi connectivity index (χ2v) is 6.16. The molecule has 1 saturated heterocycles. The van der Waals surface area contributed by atoms with Crippen LogP contribution in [0.5, 0.6) is 5.75 Å². The fourth-order valence-electron chi connectivity index (χ4n) is 2.88. The minimum atomic E-state index is -0.940. The lowest BCUT2D eigenvalue weighted by molar-refractivity contribution is -0.134. The molecule has 1 aromatic carbocycles. The van der Waals surface area contributed by atoms with Gasteiger partial charge in [-0.05, 0) is 25.0 Å². The Kier molecular flexibility index (Phi) is 4.45. The van der Waals surface area contributed by atoms with Crippen LogP contribution in [-0.4, -0.2) is 51.8 Å². The van der Waals surface area contributed by atoms with E-state index in [0.29, 0.717) is 0 Å². The van der Waals surface area contributed by atoms with Crippen LogP contribution in [0.3, 0.4) is 0 Å². The first-order valence-corrected chi connectivity index (χ1v) is 7.65. The number of amides is 3. The average molecular weight is 318 g/mol. The quantitative estimate of drug-likeness (QED) is 0.667. The molecular weight excluding hydrogens is 296 g/mol. The number of phenols is 1. The van der Waals surface area contributed by atoms with Gasteiger partial charge in [-0.15, -0.1) is 0 Å². The van der Waals surface area contributed by atoms with Gasteiger partial charge in [0.25, 0.3) is 5.91 Å². The summed E-state index contributed by atoms with van der Waals surface area (Å²) in [5, 5.41) is 9.45. The number of phenolic OH excluding ortho intramolecular Hbond substituents is 1. The molecule has 1 aromatic rings. The lowest BCUT2D eigenvalue weighted by atomic mass is 9.84.